The van der Waals surface area contributed by atoms with Crippen molar-refractivity contribution in [2.75, 3.05) is 6.54 Å². The lowest BCUT2D eigenvalue weighted by Crippen LogP contribution is -2.50. The van der Waals surface area contributed by atoms with Gasteiger partial charge in [0.1, 0.15) is 0 Å². The van der Waals surface area contributed by atoms with Crippen LogP contribution in [-0.2, 0) is 4.79 Å². The van der Waals surface area contributed by atoms with E-state index >= 15 is 0 Å². The van der Waals surface area contributed by atoms with Crippen LogP contribution in [0, 0.1) is 0 Å². The van der Waals surface area contributed by atoms with Gasteiger partial charge in [-0.05, 0) is 20.8 Å². The highest BCUT2D eigenvalue weighted by molar-refractivity contribution is 5.79. The second-order valence-electron chi connectivity index (χ2n) is 3.56. The normalized spacial score (nSPS) is 14.6. The van der Waals surface area contributed by atoms with E-state index in [1.54, 1.807) is 13.8 Å². The summed E-state index contributed by atoms with van der Waals surface area (Å²) in [7, 11) is 0. The van der Waals surface area contributed by atoms with Crippen LogP contribution in [0.25, 0.3) is 0 Å². The minimum atomic E-state index is -1.94. The second kappa shape index (κ2) is 4.80. The number of aliphatic carboxylic acids is 1. The summed E-state index contributed by atoms with van der Waals surface area (Å²) in [5.74, 6) is -1.37. The number of carboxylic acids is 1. The number of carbonyl (C=O) groups is 2. The van der Waals surface area contributed by atoms with Crippen molar-refractivity contribution in [3.05, 3.63) is 0 Å². The predicted octanol–water partition coefficient (Wildman–Crippen LogP) is -0.470. The Morgan fingerprint density at radius 3 is 2.29 bits per heavy atom. The van der Waals surface area contributed by atoms with E-state index in [1.165, 1.54) is 0 Å². The van der Waals surface area contributed by atoms with Crippen molar-refractivity contribution in [1.29, 1.82) is 0 Å². The van der Waals surface area contributed by atoms with Crippen LogP contribution in [-0.4, -0.2) is 40.4 Å². The van der Waals surface area contributed by atoms with Crippen LogP contribution in [0.1, 0.15) is 20.8 Å². The molecule has 0 saturated carbocycles. The van der Waals surface area contributed by atoms with Crippen molar-refractivity contribution in [3.8, 4) is 0 Å². The van der Waals surface area contributed by atoms with Gasteiger partial charge in [0, 0.05) is 6.04 Å². The lowest BCUT2D eigenvalue weighted by atomic mass is 10.1. The number of hydrogen-bond donors (Lipinski definition) is 4. The van der Waals surface area contributed by atoms with Crippen molar-refractivity contribution >= 4 is 12.0 Å². The van der Waals surface area contributed by atoms with E-state index in [0.29, 0.717) is 0 Å². The van der Waals surface area contributed by atoms with Gasteiger partial charge in [0.05, 0.1) is 6.54 Å². The minimum absolute atomic E-state index is 0.0372. The van der Waals surface area contributed by atoms with Gasteiger partial charge in [-0.1, -0.05) is 0 Å². The number of hydrogen-bond acceptors (Lipinski definition) is 3. The zero-order valence-corrected chi connectivity index (χ0v) is 8.50. The van der Waals surface area contributed by atoms with Crippen molar-refractivity contribution in [1.82, 2.24) is 10.6 Å². The average Bonchev–Trinajstić information content (AvgIpc) is 1.99. The summed E-state index contributed by atoms with van der Waals surface area (Å²) in [6, 6.07) is -0.536. The Morgan fingerprint density at radius 2 is 1.93 bits per heavy atom. The van der Waals surface area contributed by atoms with E-state index in [-0.39, 0.29) is 12.6 Å². The van der Waals surface area contributed by atoms with Gasteiger partial charge in [0.25, 0.3) is 0 Å². The first-order valence-corrected chi connectivity index (χ1v) is 4.26. The van der Waals surface area contributed by atoms with Gasteiger partial charge in [-0.15, -0.1) is 0 Å². The number of carboxylic acid groups (broad SMARTS) is 1. The molecule has 0 heterocycles. The van der Waals surface area contributed by atoms with Gasteiger partial charge in [-0.25, -0.2) is 9.59 Å². The summed E-state index contributed by atoms with van der Waals surface area (Å²) in [6.07, 6.45) is 0. The molecule has 0 aliphatic carbocycles. The van der Waals surface area contributed by atoms with Gasteiger partial charge >= 0.3 is 12.0 Å². The van der Waals surface area contributed by atoms with Crippen LogP contribution in [0.5, 0.6) is 0 Å². The van der Waals surface area contributed by atoms with E-state index < -0.39 is 17.6 Å². The number of amides is 2. The molecule has 1 unspecified atom stereocenters. The first kappa shape index (κ1) is 12.7. The quantitative estimate of drug-likeness (QED) is 0.497. The highest BCUT2D eigenvalue weighted by Gasteiger charge is 2.30. The maximum atomic E-state index is 11.0. The van der Waals surface area contributed by atoms with Crippen LogP contribution in [0.15, 0.2) is 0 Å². The van der Waals surface area contributed by atoms with Crippen LogP contribution < -0.4 is 10.6 Å². The molecule has 4 N–H and O–H groups in total. The Morgan fingerprint density at radius 1 is 1.43 bits per heavy atom. The van der Waals surface area contributed by atoms with Gasteiger partial charge in [-0.3, -0.25) is 0 Å². The van der Waals surface area contributed by atoms with Gasteiger partial charge in [0.15, 0.2) is 5.60 Å². The van der Waals surface area contributed by atoms with Crippen LogP contribution in [0.2, 0.25) is 0 Å². The third kappa shape index (κ3) is 4.66. The summed E-state index contributed by atoms with van der Waals surface area (Å²) in [5, 5.41) is 22.5. The fraction of sp³-hybridized carbons (Fsp3) is 0.750. The molecule has 0 saturated heterocycles. The van der Waals surface area contributed by atoms with E-state index in [9.17, 15) is 14.7 Å². The van der Waals surface area contributed by atoms with Crippen LogP contribution in [0.4, 0.5) is 4.79 Å². The zero-order chi connectivity index (χ0) is 11.4. The molecule has 6 nitrogen and oxygen atoms in total. The monoisotopic (exact) mass is 204 g/mol. The number of urea groups is 1. The molecule has 6 heteroatoms. The molecule has 0 aliphatic heterocycles. The maximum absolute atomic E-state index is 11.0. The van der Waals surface area contributed by atoms with Gasteiger partial charge in [0.2, 0.25) is 0 Å². The van der Waals surface area contributed by atoms with E-state index in [0.717, 1.165) is 6.92 Å². The number of aliphatic hydroxyl groups is 1. The molecule has 0 rings (SSSR count). The largest absolute Gasteiger partial charge is 0.479 e. The first-order chi connectivity index (χ1) is 6.25. The van der Waals surface area contributed by atoms with E-state index in [2.05, 4.69) is 10.6 Å². The molecular weight excluding hydrogens is 188 g/mol. The van der Waals surface area contributed by atoms with Crippen molar-refractivity contribution < 1.29 is 19.8 Å². The summed E-state index contributed by atoms with van der Waals surface area (Å²) >= 11 is 0. The number of carbonyl (C=O) groups excluding carboxylic acids is 1. The molecule has 14 heavy (non-hydrogen) atoms. The molecule has 0 aromatic rings. The Labute approximate surface area is 82.3 Å². The smallest absolute Gasteiger partial charge is 0.337 e. The standard InChI is InChI=1S/C8H16N2O4/c1-5(2)10-7(13)9-4-8(3,14)6(11)12/h5,14H,4H2,1-3H3,(H,11,12)(H2,9,10,13). The first-order valence-electron chi connectivity index (χ1n) is 4.26. The van der Waals surface area contributed by atoms with Gasteiger partial charge in [-0.2, -0.15) is 0 Å². The molecular formula is C8H16N2O4. The molecule has 1 atom stereocenters. The summed E-state index contributed by atoms with van der Waals surface area (Å²) in [4.78, 5) is 21.4. The molecule has 0 aromatic heterocycles. The average molecular weight is 204 g/mol. The third-order valence-corrected chi connectivity index (χ3v) is 1.47. The fourth-order valence-electron chi connectivity index (χ4n) is 0.641. The molecule has 82 valence electrons. The SMILES string of the molecule is CC(C)NC(=O)NCC(C)(O)C(=O)O. The van der Waals surface area contributed by atoms with E-state index in [1.807, 2.05) is 0 Å². The minimum Gasteiger partial charge on any atom is -0.479 e. The van der Waals surface area contributed by atoms with Crippen molar-refractivity contribution in [3.63, 3.8) is 0 Å². The lowest BCUT2D eigenvalue weighted by Gasteiger charge is -2.19. The number of nitrogens with one attached hydrogen (secondary N) is 2. The highest BCUT2D eigenvalue weighted by Crippen LogP contribution is 2.00. The molecule has 0 fully saturated rings. The lowest BCUT2D eigenvalue weighted by molar-refractivity contribution is -0.155. The Balaban J connectivity index is 3.94. The van der Waals surface area contributed by atoms with Crippen molar-refractivity contribution in [2.45, 2.75) is 32.4 Å². The van der Waals surface area contributed by atoms with Crippen LogP contribution >= 0.6 is 0 Å². The molecule has 0 bridgehead atoms. The summed E-state index contributed by atoms with van der Waals surface area (Å²) in [6.45, 7) is 4.33. The Hall–Kier alpha value is -1.30. The van der Waals surface area contributed by atoms with Crippen molar-refractivity contribution in [2.24, 2.45) is 0 Å². The second-order valence-corrected chi connectivity index (χ2v) is 3.56. The third-order valence-electron chi connectivity index (χ3n) is 1.47. The maximum Gasteiger partial charge on any atom is 0.337 e. The van der Waals surface area contributed by atoms with Gasteiger partial charge < -0.3 is 20.8 Å². The Bertz CT molecular complexity index is 225. The fourth-order valence-corrected chi connectivity index (χ4v) is 0.641. The molecule has 0 radical (unpaired) electrons. The van der Waals surface area contributed by atoms with Crippen LogP contribution in [0.3, 0.4) is 0 Å². The molecule has 0 aromatic carbocycles. The zero-order valence-electron chi connectivity index (χ0n) is 8.50. The van der Waals surface area contributed by atoms with E-state index in [4.69, 9.17) is 5.11 Å². The molecule has 0 spiro atoms. The molecule has 2 amide bonds. The topological polar surface area (TPSA) is 98.7 Å². The Kier molecular flexibility index (Phi) is 4.36. The predicted molar refractivity (Wildman–Crippen MR) is 49.9 cm³/mol. The summed E-state index contributed by atoms with van der Waals surface area (Å²) < 4.78 is 0. The molecule has 0 aliphatic rings. The summed E-state index contributed by atoms with van der Waals surface area (Å²) in [5.41, 5.74) is -1.94. The highest BCUT2D eigenvalue weighted by atomic mass is 16.4. The number of rotatable bonds is 4.